The molecule has 1 saturated heterocycles. The minimum atomic E-state index is 0.468. The zero-order valence-corrected chi connectivity index (χ0v) is 11.9. The lowest BCUT2D eigenvalue weighted by Gasteiger charge is -2.44. The zero-order valence-electron chi connectivity index (χ0n) is 11.9. The molecule has 2 nitrogen and oxygen atoms in total. The van der Waals surface area contributed by atoms with Crippen molar-refractivity contribution in [3.8, 4) is 0 Å². The summed E-state index contributed by atoms with van der Waals surface area (Å²) in [4.78, 5) is 2.63. The van der Waals surface area contributed by atoms with Crippen LogP contribution >= 0.6 is 0 Å². The van der Waals surface area contributed by atoms with Crippen LogP contribution in [0.25, 0.3) is 0 Å². The van der Waals surface area contributed by atoms with Gasteiger partial charge in [-0.25, -0.2) is 0 Å². The van der Waals surface area contributed by atoms with Crippen molar-refractivity contribution in [1.29, 1.82) is 0 Å². The van der Waals surface area contributed by atoms with E-state index in [0.29, 0.717) is 18.1 Å². The molecule has 0 aliphatic carbocycles. The Bertz CT molecular complexity index is 388. The fourth-order valence-electron chi connectivity index (χ4n) is 3.46. The largest absolute Gasteiger partial charge is 0.329 e. The summed E-state index contributed by atoms with van der Waals surface area (Å²) in [5.41, 5.74) is 8.80. The van der Waals surface area contributed by atoms with Gasteiger partial charge in [-0.3, -0.25) is 4.90 Å². The maximum absolute atomic E-state index is 5.97. The van der Waals surface area contributed by atoms with Gasteiger partial charge >= 0.3 is 0 Å². The van der Waals surface area contributed by atoms with Crippen LogP contribution in [0, 0.1) is 6.92 Å². The molecule has 1 aliphatic heterocycles. The molecule has 1 fully saturated rings. The highest BCUT2D eigenvalue weighted by atomic mass is 15.2. The van der Waals surface area contributed by atoms with Crippen LogP contribution in [0.1, 0.15) is 50.3 Å². The van der Waals surface area contributed by atoms with Crippen molar-refractivity contribution in [2.24, 2.45) is 5.73 Å². The van der Waals surface area contributed by atoms with Crippen LogP contribution in [0.5, 0.6) is 0 Å². The van der Waals surface area contributed by atoms with Crippen LogP contribution in [0.2, 0.25) is 0 Å². The van der Waals surface area contributed by atoms with Gasteiger partial charge in [-0.2, -0.15) is 0 Å². The van der Waals surface area contributed by atoms with E-state index in [1.165, 1.54) is 30.4 Å². The van der Waals surface area contributed by atoms with Crippen LogP contribution in [-0.4, -0.2) is 23.5 Å². The highest BCUT2D eigenvalue weighted by Crippen LogP contribution is 2.33. The lowest BCUT2D eigenvalue weighted by atomic mass is 9.91. The SMILES string of the molecule is Cc1ccccc1C(C)N1C(C)CCCC1CN. The highest BCUT2D eigenvalue weighted by Gasteiger charge is 2.31. The van der Waals surface area contributed by atoms with E-state index >= 15 is 0 Å². The van der Waals surface area contributed by atoms with E-state index in [4.69, 9.17) is 5.73 Å². The average Bonchev–Trinajstić information content (AvgIpc) is 2.38. The molecule has 0 amide bonds. The van der Waals surface area contributed by atoms with Gasteiger partial charge in [0.2, 0.25) is 0 Å². The Labute approximate surface area is 111 Å². The standard InChI is InChI=1S/C16H26N2/c1-12-7-4-5-10-16(12)14(3)18-13(2)8-6-9-15(18)11-17/h4-5,7,10,13-15H,6,8-9,11,17H2,1-3H3. The highest BCUT2D eigenvalue weighted by molar-refractivity contribution is 5.28. The summed E-state index contributed by atoms with van der Waals surface area (Å²) < 4.78 is 0. The van der Waals surface area contributed by atoms with Gasteiger partial charge in [-0.15, -0.1) is 0 Å². The number of piperidine rings is 1. The van der Waals surface area contributed by atoms with E-state index < -0.39 is 0 Å². The number of hydrogen-bond donors (Lipinski definition) is 1. The first-order valence-electron chi connectivity index (χ1n) is 7.18. The third-order valence-electron chi connectivity index (χ3n) is 4.45. The van der Waals surface area contributed by atoms with Gasteiger partial charge in [0.15, 0.2) is 0 Å². The van der Waals surface area contributed by atoms with E-state index in [9.17, 15) is 0 Å². The summed E-state index contributed by atoms with van der Waals surface area (Å²) >= 11 is 0. The second kappa shape index (κ2) is 5.85. The van der Waals surface area contributed by atoms with Crippen molar-refractivity contribution < 1.29 is 0 Å². The molecule has 2 heteroatoms. The van der Waals surface area contributed by atoms with Crippen molar-refractivity contribution in [2.45, 2.75) is 58.2 Å². The predicted octanol–water partition coefficient (Wildman–Crippen LogP) is 3.26. The molecule has 0 spiro atoms. The molecule has 0 bridgehead atoms. The number of nitrogens with zero attached hydrogens (tertiary/aromatic N) is 1. The molecule has 100 valence electrons. The fourth-order valence-corrected chi connectivity index (χ4v) is 3.46. The smallest absolute Gasteiger partial charge is 0.0328 e. The lowest BCUT2D eigenvalue weighted by Crippen LogP contribution is -2.49. The van der Waals surface area contributed by atoms with Gasteiger partial charge in [-0.1, -0.05) is 30.7 Å². The molecule has 18 heavy (non-hydrogen) atoms. The number of benzene rings is 1. The molecule has 3 atom stereocenters. The first-order valence-corrected chi connectivity index (χ1v) is 7.18. The first-order chi connectivity index (χ1) is 8.65. The second-order valence-corrected chi connectivity index (χ2v) is 5.65. The average molecular weight is 246 g/mol. The summed E-state index contributed by atoms with van der Waals surface area (Å²) in [6, 6.07) is 10.4. The molecule has 1 heterocycles. The summed E-state index contributed by atoms with van der Waals surface area (Å²) in [7, 11) is 0. The Balaban J connectivity index is 2.25. The van der Waals surface area contributed by atoms with E-state index in [0.717, 1.165) is 6.54 Å². The quantitative estimate of drug-likeness (QED) is 0.887. The van der Waals surface area contributed by atoms with Crippen LogP contribution in [0.3, 0.4) is 0 Å². The maximum atomic E-state index is 5.97. The summed E-state index contributed by atoms with van der Waals surface area (Å²) in [5.74, 6) is 0. The first kappa shape index (κ1) is 13.6. The van der Waals surface area contributed by atoms with Crippen molar-refractivity contribution in [3.05, 3.63) is 35.4 Å². The zero-order chi connectivity index (χ0) is 13.1. The van der Waals surface area contributed by atoms with Crippen molar-refractivity contribution in [2.75, 3.05) is 6.54 Å². The molecule has 0 saturated carbocycles. The van der Waals surface area contributed by atoms with E-state index in [1.807, 2.05) is 0 Å². The summed E-state index contributed by atoms with van der Waals surface area (Å²) in [6.07, 6.45) is 3.86. The van der Waals surface area contributed by atoms with Crippen LogP contribution in [0.4, 0.5) is 0 Å². The third kappa shape index (κ3) is 2.60. The van der Waals surface area contributed by atoms with Crippen molar-refractivity contribution in [1.82, 2.24) is 4.90 Å². The van der Waals surface area contributed by atoms with Crippen molar-refractivity contribution in [3.63, 3.8) is 0 Å². The van der Waals surface area contributed by atoms with E-state index in [1.54, 1.807) is 0 Å². The van der Waals surface area contributed by atoms with Gasteiger partial charge < -0.3 is 5.73 Å². The molecule has 2 N–H and O–H groups in total. The number of rotatable bonds is 3. The third-order valence-corrected chi connectivity index (χ3v) is 4.45. The van der Waals surface area contributed by atoms with Crippen LogP contribution in [-0.2, 0) is 0 Å². The fraction of sp³-hybridized carbons (Fsp3) is 0.625. The number of hydrogen-bond acceptors (Lipinski definition) is 2. The monoisotopic (exact) mass is 246 g/mol. The molecule has 0 aromatic heterocycles. The predicted molar refractivity (Wildman–Crippen MR) is 77.6 cm³/mol. The molecule has 0 radical (unpaired) electrons. The molecular formula is C16H26N2. The Morgan fingerprint density at radius 1 is 1.33 bits per heavy atom. The Morgan fingerprint density at radius 3 is 2.72 bits per heavy atom. The van der Waals surface area contributed by atoms with Gasteiger partial charge in [-0.05, 0) is 44.7 Å². The molecule has 1 aromatic carbocycles. The van der Waals surface area contributed by atoms with Crippen LogP contribution < -0.4 is 5.73 Å². The minimum absolute atomic E-state index is 0.468. The van der Waals surface area contributed by atoms with Gasteiger partial charge in [0.1, 0.15) is 0 Å². The topological polar surface area (TPSA) is 29.3 Å². The molecule has 1 aliphatic rings. The summed E-state index contributed by atoms with van der Waals surface area (Å²) in [5, 5.41) is 0. The van der Waals surface area contributed by atoms with Crippen molar-refractivity contribution >= 4 is 0 Å². The van der Waals surface area contributed by atoms with Crippen LogP contribution in [0.15, 0.2) is 24.3 Å². The molecular weight excluding hydrogens is 220 g/mol. The molecule has 2 rings (SSSR count). The van der Waals surface area contributed by atoms with E-state index in [-0.39, 0.29) is 0 Å². The number of nitrogens with two attached hydrogens (primary N) is 1. The number of aryl methyl sites for hydroxylation is 1. The second-order valence-electron chi connectivity index (χ2n) is 5.65. The Hall–Kier alpha value is -0.860. The van der Waals surface area contributed by atoms with Gasteiger partial charge in [0, 0.05) is 24.7 Å². The molecule has 3 unspecified atom stereocenters. The Morgan fingerprint density at radius 2 is 2.06 bits per heavy atom. The number of likely N-dealkylation sites (tertiary alicyclic amines) is 1. The van der Waals surface area contributed by atoms with Gasteiger partial charge in [0.25, 0.3) is 0 Å². The minimum Gasteiger partial charge on any atom is -0.329 e. The molecule has 1 aromatic rings. The lowest BCUT2D eigenvalue weighted by molar-refractivity contribution is 0.0568. The Kier molecular flexibility index (Phi) is 4.41. The van der Waals surface area contributed by atoms with E-state index in [2.05, 4.69) is 49.9 Å². The van der Waals surface area contributed by atoms with Gasteiger partial charge in [0.05, 0.1) is 0 Å². The maximum Gasteiger partial charge on any atom is 0.0328 e. The summed E-state index contributed by atoms with van der Waals surface area (Å²) in [6.45, 7) is 7.65. The normalized spacial score (nSPS) is 27.1.